The van der Waals surface area contributed by atoms with Gasteiger partial charge in [-0.25, -0.2) is 0 Å². The molecule has 6 nitrogen and oxygen atoms in total. The maximum atomic E-state index is 11.8. The summed E-state index contributed by atoms with van der Waals surface area (Å²) < 4.78 is 10.5. The molecule has 1 aromatic heterocycles. The van der Waals surface area contributed by atoms with E-state index < -0.39 is 0 Å². The van der Waals surface area contributed by atoms with Crippen LogP contribution in [0.25, 0.3) is 0 Å². The first-order valence-corrected chi connectivity index (χ1v) is 9.43. The van der Waals surface area contributed by atoms with Crippen LogP contribution in [0, 0.1) is 0 Å². The summed E-state index contributed by atoms with van der Waals surface area (Å²) in [5, 5.41) is 11.1. The lowest BCUT2D eigenvalue weighted by atomic mass is 10.1. The molecule has 1 amide bonds. The van der Waals surface area contributed by atoms with Crippen molar-refractivity contribution in [1.29, 1.82) is 0 Å². The van der Waals surface area contributed by atoms with Gasteiger partial charge < -0.3 is 14.5 Å². The predicted molar refractivity (Wildman–Crippen MR) is 91.9 cm³/mol. The molecule has 1 heterocycles. The maximum absolute atomic E-state index is 11.8. The Balaban J connectivity index is 1.66. The van der Waals surface area contributed by atoms with E-state index in [2.05, 4.69) is 15.5 Å². The lowest BCUT2D eigenvalue weighted by Crippen LogP contribution is -2.27. The molecule has 8 heteroatoms. The zero-order valence-corrected chi connectivity index (χ0v) is 14.7. The van der Waals surface area contributed by atoms with Crippen molar-refractivity contribution in [3.05, 3.63) is 35.7 Å². The minimum absolute atomic E-state index is 0.0480. The average molecular weight is 353 g/mol. The first-order chi connectivity index (χ1) is 11.2. The summed E-state index contributed by atoms with van der Waals surface area (Å²) in [4.78, 5) is 11.8. The molecule has 2 rings (SSSR count). The Kier molecular flexibility index (Phi) is 7.28. The van der Waals surface area contributed by atoms with E-state index in [4.69, 9.17) is 9.15 Å². The van der Waals surface area contributed by atoms with E-state index in [1.807, 2.05) is 30.5 Å². The van der Waals surface area contributed by atoms with Crippen molar-refractivity contribution in [2.45, 2.75) is 17.4 Å². The van der Waals surface area contributed by atoms with Crippen LogP contribution in [0.1, 0.15) is 11.5 Å². The Bertz CT molecular complexity index is 617. The Hall–Kier alpha value is -1.67. The highest BCUT2D eigenvalue weighted by atomic mass is 32.2. The van der Waals surface area contributed by atoms with Gasteiger partial charge in [0.05, 0.1) is 18.6 Å². The number of carbonyl (C=O) groups is 1. The van der Waals surface area contributed by atoms with Gasteiger partial charge in [0.15, 0.2) is 0 Å². The Morgan fingerprint density at radius 3 is 2.78 bits per heavy atom. The number of nitrogens with zero attached hydrogens (tertiary/aromatic N) is 2. The van der Waals surface area contributed by atoms with E-state index in [-0.39, 0.29) is 11.7 Å². The number of amides is 1. The number of hydrogen-bond donors (Lipinski definition) is 1. The zero-order chi connectivity index (χ0) is 16.5. The Morgan fingerprint density at radius 2 is 2.09 bits per heavy atom. The molecular formula is C15H19N3O3S2. The quantitative estimate of drug-likeness (QED) is 0.694. The Morgan fingerprint density at radius 1 is 1.30 bits per heavy atom. The predicted octanol–water partition coefficient (Wildman–Crippen LogP) is 2.39. The molecule has 0 saturated heterocycles. The molecule has 23 heavy (non-hydrogen) atoms. The lowest BCUT2D eigenvalue weighted by molar-refractivity contribution is -0.118. The van der Waals surface area contributed by atoms with E-state index in [0.717, 1.165) is 17.7 Å². The van der Waals surface area contributed by atoms with Crippen molar-refractivity contribution in [1.82, 2.24) is 15.5 Å². The molecule has 2 aromatic rings. The molecule has 0 radical (unpaired) electrons. The lowest BCUT2D eigenvalue weighted by Gasteiger charge is -2.05. The van der Waals surface area contributed by atoms with Crippen molar-refractivity contribution >= 4 is 29.4 Å². The van der Waals surface area contributed by atoms with Crippen LogP contribution in [0.2, 0.25) is 0 Å². The average Bonchev–Trinajstić information content (AvgIpc) is 3.02. The Labute approximate surface area is 143 Å². The van der Waals surface area contributed by atoms with Crippen LogP contribution >= 0.6 is 23.5 Å². The van der Waals surface area contributed by atoms with Crippen LogP contribution in [-0.2, 0) is 17.0 Å². The molecule has 0 aliphatic rings. The number of benzene rings is 1. The van der Waals surface area contributed by atoms with Crippen LogP contribution in [0.5, 0.6) is 5.75 Å². The van der Waals surface area contributed by atoms with Crippen LogP contribution in [0.4, 0.5) is 0 Å². The number of hydrogen-bond acceptors (Lipinski definition) is 7. The molecule has 1 aromatic carbocycles. The molecule has 0 bridgehead atoms. The zero-order valence-electron chi connectivity index (χ0n) is 13.1. The highest BCUT2D eigenvalue weighted by molar-refractivity contribution is 7.99. The van der Waals surface area contributed by atoms with Gasteiger partial charge in [0.1, 0.15) is 5.75 Å². The maximum Gasteiger partial charge on any atom is 0.277 e. The van der Waals surface area contributed by atoms with Gasteiger partial charge in [-0.15, -0.1) is 10.2 Å². The van der Waals surface area contributed by atoms with Gasteiger partial charge in [-0.05, 0) is 30.4 Å². The standard InChI is InChI=1S/C15H19N3O3S2/c1-20-12-5-3-11(4-6-12)7-8-16-13(19)9-23-15-18-17-14(21-15)10-22-2/h3-6H,7-10H2,1-2H3,(H,16,19). The van der Waals surface area contributed by atoms with E-state index >= 15 is 0 Å². The van der Waals surface area contributed by atoms with Gasteiger partial charge in [0, 0.05) is 6.54 Å². The molecule has 0 aliphatic heterocycles. The molecule has 0 unspecified atom stereocenters. The van der Waals surface area contributed by atoms with Crippen molar-refractivity contribution < 1.29 is 13.9 Å². The first kappa shape index (κ1) is 17.7. The van der Waals surface area contributed by atoms with Crippen LogP contribution < -0.4 is 10.1 Å². The minimum atomic E-state index is -0.0480. The van der Waals surface area contributed by atoms with E-state index in [0.29, 0.717) is 23.4 Å². The second-order valence-corrected chi connectivity index (χ2v) is 6.42. The second-order valence-electron chi connectivity index (χ2n) is 4.63. The van der Waals surface area contributed by atoms with Crippen molar-refractivity contribution in [3.8, 4) is 5.75 Å². The summed E-state index contributed by atoms with van der Waals surface area (Å²) in [6.45, 7) is 0.591. The van der Waals surface area contributed by atoms with Crippen molar-refractivity contribution in [3.63, 3.8) is 0 Å². The number of rotatable bonds is 9. The molecular weight excluding hydrogens is 334 g/mol. The first-order valence-electron chi connectivity index (χ1n) is 7.05. The number of thioether (sulfide) groups is 2. The largest absolute Gasteiger partial charge is 0.497 e. The fourth-order valence-corrected chi connectivity index (χ4v) is 2.77. The number of aromatic nitrogens is 2. The van der Waals surface area contributed by atoms with Gasteiger partial charge >= 0.3 is 0 Å². The fourth-order valence-electron chi connectivity index (χ4n) is 1.80. The topological polar surface area (TPSA) is 77.2 Å². The second kappa shape index (κ2) is 9.46. The third-order valence-electron chi connectivity index (χ3n) is 2.94. The van der Waals surface area contributed by atoms with Gasteiger partial charge in [0.2, 0.25) is 11.8 Å². The molecule has 0 fully saturated rings. The van der Waals surface area contributed by atoms with Gasteiger partial charge in [-0.2, -0.15) is 11.8 Å². The monoisotopic (exact) mass is 353 g/mol. The summed E-state index contributed by atoms with van der Waals surface area (Å²) in [6, 6.07) is 7.81. The summed E-state index contributed by atoms with van der Waals surface area (Å²) in [6.07, 6.45) is 2.74. The van der Waals surface area contributed by atoms with E-state index in [9.17, 15) is 4.79 Å². The fraction of sp³-hybridized carbons (Fsp3) is 0.400. The number of ether oxygens (including phenoxy) is 1. The van der Waals surface area contributed by atoms with E-state index in [1.165, 1.54) is 11.8 Å². The number of carbonyl (C=O) groups excluding carboxylic acids is 1. The molecule has 1 N–H and O–H groups in total. The SMILES string of the molecule is COc1ccc(CCNC(=O)CSc2nnc(CSC)o2)cc1. The van der Waals surface area contributed by atoms with Gasteiger partial charge in [-0.3, -0.25) is 4.79 Å². The summed E-state index contributed by atoms with van der Waals surface area (Å²) >= 11 is 2.86. The molecule has 0 saturated carbocycles. The number of methoxy groups -OCH3 is 1. The molecule has 124 valence electrons. The van der Waals surface area contributed by atoms with Crippen molar-refractivity contribution in [2.24, 2.45) is 0 Å². The third-order valence-corrected chi connectivity index (χ3v) is 4.29. The van der Waals surface area contributed by atoms with Crippen molar-refractivity contribution in [2.75, 3.05) is 25.7 Å². The minimum Gasteiger partial charge on any atom is -0.497 e. The summed E-state index contributed by atoms with van der Waals surface area (Å²) in [5.74, 6) is 2.31. The van der Waals surface area contributed by atoms with Gasteiger partial charge in [-0.1, -0.05) is 23.9 Å². The highest BCUT2D eigenvalue weighted by Crippen LogP contribution is 2.17. The molecule has 0 aliphatic carbocycles. The molecule has 0 atom stereocenters. The summed E-state index contributed by atoms with van der Waals surface area (Å²) in [7, 11) is 1.64. The van der Waals surface area contributed by atoms with E-state index in [1.54, 1.807) is 18.9 Å². The molecule has 0 spiro atoms. The smallest absolute Gasteiger partial charge is 0.277 e. The highest BCUT2D eigenvalue weighted by Gasteiger charge is 2.09. The normalized spacial score (nSPS) is 10.5. The van der Waals surface area contributed by atoms with Crippen LogP contribution in [0.15, 0.2) is 33.9 Å². The van der Waals surface area contributed by atoms with Gasteiger partial charge in [0.25, 0.3) is 5.22 Å². The summed E-state index contributed by atoms with van der Waals surface area (Å²) in [5.41, 5.74) is 1.15. The third kappa shape index (κ3) is 6.15. The van der Waals surface area contributed by atoms with Crippen LogP contribution in [-0.4, -0.2) is 41.8 Å². The van der Waals surface area contributed by atoms with Crippen LogP contribution in [0.3, 0.4) is 0 Å². The number of nitrogens with one attached hydrogen (secondary N) is 1.